The molecule has 0 saturated heterocycles. The molecule has 3 atom stereocenters. The smallest absolute Gasteiger partial charge is 0.0822 e. The summed E-state index contributed by atoms with van der Waals surface area (Å²) in [4.78, 5) is 4.80. The molecule has 39 heavy (non-hydrogen) atoms. The Bertz CT molecular complexity index is 1850. The van der Waals surface area contributed by atoms with Gasteiger partial charge < -0.3 is 0 Å². The van der Waals surface area contributed by atoms with Gasteiger partial charge in [-0.2, -0.15) is 5.10 Å². The molecule has 4 heterocycles. The first-order valence-corrected chi connectivity index (χ1v) is 13.8. The van der Waals surface area contributed by atoms with Crippen molar-refractivity contribution in [1.82, 2.24) is 19.9 Å². The topological polar surface area (TPSA) is 42.2 Å². The van der Waals surface area contributed by atoms with E-state index in [1.54, 1.807) is 0 Å². The van der Waals surface area contributed by atoms with Gasteiger partial charge in [-0.25, -0.2) is 4.52 Å². The number of aromatic nitrogens is 3. The molecule has 1 aliphatic heterocycles. The summed E-state index contributed by atoms with van der Waals surface area (Å²) in [5, 5.41) is 11.6. The molecule has 4 heteroatoms. The largest absolute Gasteiger partial charge is 0.298 e. The summed E-state index contributed by atoms with van der Waals surface area (Å²) in [6.45, 7) is 0. The van der Waals surface area contributed by atoms with E-state index in [4.69, 9.17) is 10.1 Å². The summed E-state index contributed by atoms with van der Waals surface area (Å²) in [5.41, 5.74) is 9.60. The molecule has 3 aromatic heterocycles. The van der Waals surface area contributed by atoms with Gasteiger partial charge in [0.05, 0.1) is 35.2 Å². The van der Waals surface area contributed by atoms with Crippen molar-refractivity contribution in [2.24, 2.45) is 5.92 Å². The molecule has 2 aliphatic carbocycles. The van der Waals surface area contributed by atoms with Gasteiger partial charge in [0.15, 0.2) is 0 Å². The molecule has 0 fully saturated rings. The molecule has 0 amide bonds. The molecule has 1 N–H and O–H groups in total. The van der Waals surface area contributed by atoms with Gasteiger partial charge in [0, 0.05) is 34.2 Å². The number of hydrogen-bond donors (Lipinski definition) is 1. The van der Waals surface area contributed by atoms with Crippen molar-refractivity contribution in [3.05, 3.63) is 138 Å². The van der Waals surface area contributed by atoms with E-state index in [1.807, 2.05) is 12.3 Å². The summed E-state index contributed by atoms with van der Waals surface area (Å²) >= 11 is 0. The molecule has 2 aromatic carbocycles. The van der Waals surface area contributed by atoms with E-state index in [2.05, 4.69) is 119 Å². The zero-order chi connectivity index (χ0) is 25.8. The number of fused-ring (bicyclic) bond motifs is 6. The number of rotatable bonds is 3. The number of nitrogens with one attached hydrogen (secondary N) is 1. The molecular formula is C35H28N4. The minimum absolute atomic E-state index is 0.00147. The summed E-state index contributed by atoms with van der Waals surface area (Å²) in [6, 6.07) is 23.8. The molecule has 0 bridgehead atoms. The fourth-order valence-corrected chi connectivity index (χ4v) is 6.57. The lowest BCUT2D eigenvalue weighted by Crippen LogP contribution is -2.35. The van der Waals surface area contributed by atoms with Crippen molar-refractivity contribution in [3.63, 3.8) is 0 Å². The van der Waals surface area contributed by atoms with Gasteiger partial charge in [-0.3, -0.25) is 10.3 Å². The molecule has 0 radical (unpaired) electrons. The molecule has 4 nitrogen and oxygen atoms in total. The van der Waals surface area contributed by atoms with E-state index in [9.17, 15) is 0 Å². The lowest BCUT2D eigenvalue weighted by Gasteiger charge is -2.36. The molecule has 0 saturated carbocycles. The van der Waals surface area contributed by atoms with Crippen LogP contribution in [0.4, 0.5) is 0 Å². The highest BCUT2D eigenvalue weighted by Gasteiger charge is 2.33. The zero-order valence-corrected chi connectivity index (χ0v) is 21.5. The predicted molar refractivity (Wildman–Crippen MR) is 159 cm³/mol. The van der Waals surface area contributed by atoms with Crippen molar-refractivity contribution >= 4 is 27.9 Å². The fraction of sp³-hybridized carbons (Fsp3) is 0.143. The minimum Gasteiger partial charge on any atom is -0.298 e. The van der Waals surface area contributed by atoms with E-state index < -0.39 is 0 Å². The van der Waals surface area contributed by atoms with Gasteiger partial charge in [-0.15, -0.1) is 0 Å². The van der Waals surface area contributed by atoms with Gasteiger partial charge in [-0.05, 0) is 35.4 Å². The van der Waals surface area contributed by atoms with Crippen molar-refractivity contribution in [1.29, 1.82) is 0 Å². The quantitative estimate of drug-likeness (QED) is 0.254. The number of nitrogens with zero attached hydrogens (tertiary/aromatic N) is 3. The van der Waals surface area contributed by atoms with Crippen molar-refractivity contribution in [3.8, 4) is 11.3 Å². The van der Waals surface area contributed by atoms with Gasteiger partial charge in [0.1, 0.15) is 0 Å². The van der Waals surface area contributed by atoms with Crippen LogP contribution in [0.25, 0.3) is 39.2 Å². The highest BCUT2D eigenvalue weighted by molar-refractivity contribution is 6.05. The highest BCUT2D eigenvalue weighted by atomic mass is 15.2. The molecule has 0 spiro atoms. The Balaban J connectivity index is 1.41. The first-order chi connectivity index (χ1) is 19.4. The van der Waals surface area contributed by atoms with Crippen LogP contribution in [-0.4, -0.2) is 14.6 Å². The third kappa shape index (κ3) is 3.56. The van der Waals surface area contributed by atoms with Crippen LogP contribution in [0.2, 0.25) is 0 Å². The molecule has 188 valence electrons. The monoisotopic (exact) mass is 504 g/mol. The van der Waals surface area contributed by atoms with E-state index in [1.165, 1.54) is 38.6 Å². The van der Waals surface area contributed by atoms with E-state index in [0.717, 1.165) is 29.8 Å². The van der Waals surface area contributed by atoms with Crippen LogP contribution in [0, 0.1) is 5.92 Å². The van der Waals surface area contributed by atoms with Crippen molar-refractivity contribution in [2.45, 2.75) is 24.9 Å². The second-order valence-corrected chi connectivity index (χ2v) is 10.6. The standard InChI is InChI=1S/C35H28N4/c1-3-10-23(11-4-1)29-22-37-39-34(26-12-5-2-6-13-26)31(27-15-7-8-16-28(27)35(29)39)30-20-19-25-18-17-24-14-9-21-36-32(24)33(25)38-30/h1-3,5-10,12-22,25,30,33,38H,4,11H2. The van der Waals surface area contributed by atoms with Crippen LogP contribution in [0.3, 0.4) is 0 Å². The molecule has 5 aromatic rings. The summed E-state index contributed by atoms with van der Waals surface area (Å²) < 4.78 is 2.19. The maximum atomic E-state index is 5.07. The van der Waals surface area contributed by atoms with E-state index >= 15 is 0 Å². The molecule has 3 unspecified atom stereocenters. The van der Waals surface area contributed by atoms with Crippen molar-refractivity contribution < 1.29 is 0 Å². The Labute approximate surface area is 227 Å². The highest BCUT2D eigenvalue weighted by Crippen LogP contribution is 2.44. The first kappa shape index (κ1) is 22.4. The van der Waals surface area contributed by atoms with Gasteiger partial charge in [-0.1, -0.05) is 103 Å². The van der Waals surface area contributed by atoms with Gasteiger partial charge >= 0.3 is 0 Å². The number of allylic oxidation sites excluding steroid dienone is 4. The first-order valence-electron chi connectivity index (χ1n) is 13.8. The second kappa shape index (κ2) is 9.04. The normalized spacial score (nSPS) is 21.6. The average Bonchev–Trinajstić information content (AvgIpc) is 3.46. The molecule has 8 rings (SSSR count). The number of benzene rings is 2. The predicted octanol–water partition coefficient (Wildman–Crippen LogP) is 7.87. The summed E-state index contributed by atoms with van der Waals surface area (Å²) in [5.74, 6) is 0.279. The second-order valence-electron chi connectivity index (χ2n) is 10.6. The third-order valence-electron chi connectivity index (χ3n) is 8.36. The summed E-state index contributed by atoms with van der Waals surface area (Å²) in [6.07, 6.45) is 21.9. The van der Waals surface area contributed by atoms with Crippen molar-refractivity contribution in [2.75, 3.05) is 0 Å². The maximum absolute atomic E-state index is 5.07. The van der Waals surface area contributed by atoms with Gasteiger partial charge in [0.2, 0.25) is 0 Å². The average molecular weight is 505 g/mol. The molecule has 3 aliphatic rings. The zero-order valence-electron chi connectivity index (χ0n) is 21.5. The Morgan fingerprint density at radius 2 is 1.74 bits per heavy atom. The Morgan fingerprint density at radius 1 is 0.872 bits per heavy atom. The van der Waals surface area contributed by atoms with Crippen LogP contribution in [0.1, 0.15) is 47.3 Å². The van der Waals surface area contributed by atoms with Crippen LogP contribution >= 0.6 is 0 Å². The lowest BCUT2D eigenvalue weighted by atomic mass is 9.82. The van der Waals surface area contributed by atoms with Gasteiger partial charge in [0.25, 0.3) is 0 Å². The summed E-state index contributed by atoms with van der Waals surface area (Å²) in [7, 11) is 0. The maximum Gasteiger partial charge on any atom is 0.0822 e. The Hall–Kier alpha value is -4.54. The SMILES string of the molecule is C1=CCCC(c2cnn3c(-c4ccccc4)c(C4C=CC5C=Cc6cccnc6C5N4)c4ccccc4c23)=C1. The van der Waals surface area contributed by atoms with E-state index in [-0.39, 0.29) is 18.0 Å². The van der Waals surface area contributed by atoms with E-state index in [0.29, 0.717) is 0 Å². The van der Waals surface area contributed by atoms with Crippen LogP contribution in [0.15, 0.2) is 116 Å². The lowest BCUT2D eigenvalue weighted by molar-refractivity contribution is 0.409. The number of pyridine rings is 2. The molecular weight excluding hydrogens is 476 g/mol. The number of hydrogen-bond acceptors (Lipinski definition) is 3. The van der Waals surface area contributed by atoms with Crippen LogP contribution in [-0.2, 0) is 0 Å². The third-order valence-corrected chi connectivity index (χ3v) is 8.36. The minimum atomic E-state index is 0.00147. The van der Waals surface area contributed by atoms with Crippen LogP contribution < -0.4 is 5.32 Å². The fourth-order valence-electron chi connectivity index (χ4n) is 6.57. The Morgan fingerprint density at radius 3 is 2.62 bits per heavy atom. The Kier molecular flexibility index (Phi) is 5.20. The van der Waals surface area contributed by atoms with Crippen LogP contribution in [0.5, 0.6) is 0 Å².